The van der Waals surface area contributed by atoms with E-state index in [9.17, 15) is 0 Å². The highest BCUT2D eigenvalue weighted by Gasteiger charge is 2.08. The lowest BCUT2D eigenvalue weighted by Crippen LogP contribution is -2.15. The summed E-state index contributed by atoms with van der Waals surface area (Å²) in [5, 5.41) is 2.90. The van der Waals surface area contributed by atoms with Gasteiger partial charge in [0.1, 0.15) is 0 Å². The number of aliphatic imine (C=N–C) groups is 1. The van der Waals surface area contributed by atoms with Crippen LogP contribution in [0.5, 0.6) is 0 Å². The summed E-state index contributed by atoms with van der Waals surface area (Å²) >= 11 is 3.40. The Morgan fingerprint density at radius 1 is 1.89 bits per heavy atom. The maximum atomic E-state index is 4.18. The van der Waals surface area contributed by atoms with Crippen LogP contribution in [-0.4, -0.2) is 12.4 Å². The fraction of sp³-hybridized carbons (Fsp3) is 0.500. The van der Waals surface area contributed by atoms with Crippen LogP contribution in [0, 0.1) is 0 Å². The highest BCUT2D eigenvalue weighted by molar-refractivity contribution is 9.11. The molecule has 0 aromatic rings. The van der Waals surface area contributed by atoms with Crippen LogP contribution in [0.15, 0.2) is 15.7 Å². The van der Waals surface area contributed by atoms with Crippen molar-refractivity contribution in [1.82, 2.24) is 5.32 Å². The zero-order chi connectivity index (χ0) is 6.69. The van der Waals surface area contributed by atoms with Crippen molar-refractivity contribution >= 4 is 22.3 Å². The Hall–Kier alpha value is -0.310. The molecule has 0 bridgehead atoms. The van der Waals surface area contributed by atoms with Crippen LogP contribution in [0.4, 0.5) is 0 Å². The molecule has 0 aromatic heterocycles. The lowest BCUT2D eigenvalue weighted by atomic mass is 10.2. The van der Waals surface area contributed by atoms with Crippen molar-refractivity contribution in [3.63, 3.8) is 0 Å². The average Bonchev–Trinajstić information content (AvgIpc) is 1.89. The van der Waals surface area contributed by atoms with Crippen LogP contribution in [0.3, 0.4) is 0 Å². The van der Waals surface area contributed by atoms with Crippen LogP contribution in [0.2, 0.25) is 0 Å². The molecule has 1 atom stereocenters. The van der Waals surface area contributed by atoms with E-state index in [2.05, 4.69) is 33.2 Å². The van der Waals surface area contributed by atoms with E-state index in [1.54, 1.807) is 6.34 Å². The predicted molar refractivity (Wildman–Crippen MR) is 42.7 cm³/mol. The molecule has 0 saturated carbocycles. The molecular weight excluding hydrogens is 180 g/mol. The van der Waals surface area contributed by atoms with Crippen molar-refractivity contribution in [2.24, 2.45) is 4.99 Å². The second-order valence-corrected chi connectivity index (χ2v) is 2.81. The van der Waals surface area contributed by atoms with Crippen LogP contribution >= 0.6 is 15.9 Å². The van der Waals surface area contributed by atoms with E-state index in [0.717, 1.165) is 10.9 Å². The van der Waals surface area contributed by atoms with Crippen LogP contribution in [-0.2, 0) is 0 Å². The number of nitrogens with zero attached hydrogens (tertiary/aromatic N) is 1. The molecule has 1 unspecified atom stereocenters. The molecule has 50 valence electrons. The van der Waals surface area contributed by atoms with E-state index >= 15 is 0 Å². The summed E-state index contributed by atoms with van der Waals surface area (Å²) < 4.78 is 1.13. The molecule has 0 saturated heterocycles. The first-order valence-electron chi connectivity index (χ1n) is 2.98. The molecule has 9 heavy (non-hydrogen) atoms. The van der Waals surface area contributed by atoms with Gasteiger partial charge in [-0.1, -0.05) is 22.9 Å². The minimum absolute atomic E-state index is 0.339. The molecule has 0 radical (unpaired) electrons. The second-order valence-electron chi connectivity index (χ2n) is 1.90. The Balaban J connectivity index is 2.59. The topological polar surface area (TPSA) is 24.4 Å². The molecule has 0 aromatic carbocycles. The number of hydrogen-bond donors (Lipinski definition) is 1. The Bertz CT molecular complexity index is 151. The van der Waals surface area contributed by atoms with Gasteiger partial charge in [0.15, 0.2) is 0 Å². The first-order chi connectivity index (χ1) is 4.34. The third-order valence-corrected chi connectivity index (χ3v) is 2.01. The minimum atomic E-state index is 0.339. The molecule has 0 aliphatic carbocycles. The Morgan fingerprint density at radius 3 is 3.11 bits per heavy atom. The van der Waals surface area contributed by atoms with Gasteiger partial charge in [0.2, 0.25) is 0 Å². The van der Waals surface area contributed by atoms with Gasteiger partial charge in [-0.3, -0.25) is 4.99 Å². The van der Waals surface area contributed by atoms with E-state index in [4.69, 9.17) is 0 Å². The number of nitrogens with one attached hydrogen (secondary N) is 1. The molecule has 0 spiro atoms. The molecule has 1 aliphatic heterocycles. The normalized spacial score (nSPS) is 25.1. The van der Waals surface area contributed by atoms with Crippen molar-refractivity contribution in [3.05, 3.63) is 10.7 Å². The van der Waals surface area contributed by atoms with Crippen molar-refractivity contribution in [2.75, 3.05) is 0 Å². The van der Waals surface area contributed by atoms with Crippen molar-refractivity contribution < 1.29 is 0 Å². The molecule has 1 rings (SSSR count). The zero-order valence-electron chi connectivity index (χ0n) is 5.26. The second kappa shape index (κ2) is 3.01. The van der Waals surface area contributed by atoms with E-state index in [0.29, 0.717) is 6.04 Å². The summed E-state index contributed by atoms with van der Waals surface area (Å²) in [6, 6.07) is 0.339. The van der Waals surface area contributed by atoms with Gasteiger partial charge in [-0.05, 0) is 6.42 Å². The highest BCUT2D eigenvalue weighted by Crippen LogP contribution is 2.17. The Kier molecular flexibility index (Phi) is 2.28. The van der Waals surface area contributed by atoms with Gasteiger partial charge in [0, 0.05) is 10.7 Å². The SMILES string of the molecule is CCC1N=CNC=C1Br. The van der Waals surface area contributed by atoms with Crippen LogP contribution < -0.4 is 5.32 Å². The van der Waals surface area contributed by atoms with E-state index < -0.39 is 0 Å². The smallest absolute Gasteiger partial charge is 0.0871 e. The number of hydrogen-bond acceptors (Lipinski definition) is 2. The zero-order valence-corrected chi connectivity index (χ0v) is 6.85. The summed E-state index contributed by atoms with van der Waals surface area (Å²) in [5.74, 6) is 0. The summed E-state index contributed by atoms with van der Waals surface area (Å²) in [5.41, 5.74) is 0. The quantitative estimate of drug-likeness (QED) is 0.666. The number of halogens is 1. The maximum Gasteiger partial charge on any atom is 0.0871 e. The van der Waals surface area contributed by atoms with E-state index in [-0.39, 0.29) is 0 Å². The van der Waals surface area contributed by atoms with Gasteiger partial charge in [0.05, 0.1) is 12.4 Å². The largest absolute Gasteiger partial charge is 0.352 e. The van der Waals surface area contributed by atoms with Gasteiger partial charge in [-0.2, -0.15) is 0 Å². The van der Waals surface area contributed by atoms with Crippen molar-refractivity contribution in [3.8, 4) is 0 Å². The van der Waals surface area contributed by atoms with E-state index in [1.807, 2.05) is 6.20 Å². The lowest BCUT2D eigenvalue weighted by Gasteiger charge is -2.12. The molecule has 3 heteroatoms. The average molecular weight is 189 g/mol. The molecule has 1 aliphatic rings. The van der Waals surface area contributed by atoms with Gasteiger partial charge in [-0.25, -0.2) is 0 Å². The third-order valence-electron chi connectivity index (χ3n) is 1.26. The Morgan fingerprint density at radius 2 is 2.67 bits per heavy atom. The maximum absolute atomic E-state index is 4.18. The fourth-order valence-electron chi connectivity index (χ4n) is 0.718. The minimum Gasteiger partial charge on any atom is -0.352 e. The van der Waals surface area contributed by atoms with Gasteiger partial charge < -0.3 is 5.32 Å². The van der Waals surface area contributed by atoms with Crippen LogP contribution in [0.1, 0.15) is 13.3 Å². The van der Waals surface area contributed by atoms with E-state index in [1.165, 1.54) is 0 Å². The summed E-state index contributed by atoms with van der Waals surface area (Å²) in [6.45, 7) is 2.11. The first-order valence-corrected chi connectivity index (χ1v) is 3.77. The monoisotopic (exact) mass is 188 g/mol. The summed E-state index contributed by atoms with van der Waals surface area (Å²) in [6.07, 6.45) is 4.69. The fourth-order valence-corrected chi connectivity index (χ4v) is 1.29. The van der Waals surface area contributed by atoms with Gasteiger partial charge in [0.25, 0.3) is 0 Å². The standard InChI is InChI=1S/C6H9BrN2/c1-2-6-5(7)3-8-4-9-6/h3-4,6H,2H2,1H3,(H,8,9). The highest BCUT2D eigenvalue weighted by atomic mass is 79.9. The molecule has 2 nitrogen and oxygen atoms in total. The number of rotatable bonds is 1. The van der Waals surface area contributed by atoms with Crippen LogP contribution in [0.25, 0.3) is 0 Å². The molecule has 1 N–H and O–H groups in total. The summed E-state index contributed by atoms with van der Waals surface area (Å²) in [7, 11) is 0. The van der Waals surface area contributed by atoms with Crippen molar-refractivity contribution in [2.45, 2.75) is 19.4 Å². The summed E-state index contributed by atoms with van der Waals surface area (Å²) in [4.78, 5) is 4.18. The molecule has 0 amide bonds. The third kappa shape index (κ3) is 1.55. The predicted octanol–water partition coefficient (Wildman–Crippen LogP) is 1.63. The molecular formula is C6H9BrN2. The van der Waals surface area contributed by atoms with Gasteiger partial charge in [-0.15, -0.1) is 0 Å². The first kappa shape index (κ1) is 6.81. The van der Waals surface area contributed by atoms with Gasteiger partial charge >= 0.3 is 0 Å². The molecule has 0 fully saturated rings. The lowest BCUT2D eigenvalue weighted by molar-refractivity contribution is 0.762. The van der Waals surface area contributed by atoms with Crippen molar-refractivity contribution in [1.29, 1.82) is 0 Å². The molecule has 1 heterocycles. The Labute approximate surface area is 63.2 Å².